The minimum absolute atomic E-state index is 0. The molecular weight excluding hydrogens is 431 g/mol. The molecule has 0 amide bonds. The molecule has 6 heteroatoms. The highest BCUT2D eigenvalue weighted by Gasteiger charge is 2.22. The molecule has 4 nitrogen and oxygen atoms in total. The highest BCUT2D eigenvalue weighted by molar-refractivity contribution is 5.96. The molecule has 1 aliphatic heterocycles. The van der Waals surface area contributed by atoms with Crippen molar-refractivity contribution in [3.05, 3.63) is 65.7 Å². The molecular formula is C25H36Cl2N2O2. The zero-order valence-corrected chi connectivity index (χ0v) is 20.5. The van der Waals surface area contributed by atoms with E-state index in [-0.39, 0.29) is 36.7 Å². The summed E-state index contributed by atoms with van der Waals surface area (Å²) in [5.74, 6) is 0.731. The summed E-state index contributed by atoms with van der Waals surface area (Å²) in [6.07, 6.45) is 0.657. The van der Waals surface area contributed by atoms with Gasteiger partial charge in [0.1, 0.15) is 0 Å². The molecule has 1 unspecified atom stereocenters. The van der Waals surface area contributed by atoms with Gasteiger partial charge in [-0.2, -0.15) is 0 Å². The molecule has 31 heavy (non-hydrogen) atoms. The maximum absolute atomic E-state index is 12.0. The second-order valence-corrected chi connectivity index (χ2v) is 8.24. The Balaban J connectivity index is 0.00000240. The quantitative estimate of drug-likeness (QED) is 0.446. The first-order valence-electron chi connectivity index (χ1n) is 10.8. The van der Waals surface area contributed by atoms with Crippen LogP contribution in [0.1, 0.15) is 49.2 Å². The molecule has 1 fully saturated rings. The Hall–Kier alpha value is -1.59. The van der Waals surface area contributed by atoms with Crippen LogP contribution in [0.4, 0.5) is 5.69 Å². The van der Waals surface area contributed by atoms with Crippen LogP contribution in [0, 0.1) is 5.92 Å². The third-order valence-corrected chi connectivity index (χ3v) is 5.45. The summed E-state index contributed by atoms with van der Waals surface area (Å²) in [7, 11) is 0. The Kier molecular flexibility index (Phi) is 12.2. The van der Waals surface area contributed by atoms with Crippen LogP contribution in [0.2, 0.25) is 0 Å². The highest BCUT2D eigenvalue weighted by Crippen LogP contribution is 2.23. The third-order valence-electron chi connectivity index (χ3n) is 5.45. The predicted molar refractivity (Wildman–Crippen MR) is 134 cm³/mol. The van der Waals surface area contributed by atoms with Crippen LogP contribution in [0.3, 0.4) is 0 Å². The smallest absolute Gasteiger partial charge is 0.162 e. The molecule has 0 N–H and O–H groups in total. The summed E-state index contributed by atoms with van der Waals surface area (Å²) < 4.78 is 6.27. The van der Waals surface area contributed by atoms with Gasteiger partial charge in [-0.3, -0.25) is 9.69 Å². The lowest BCUT2D eigenvalue weighted by Gasteiger charge is -2.38. The van der Waals surface area contributed by atoms with E-state index in [1.54, 1.807) is 0 Å². The average Bonchev–Trinajstić information content (AvgIpc) is 2.77. The molecule has 1 aliphatic rings. The molecule has 1 atom stereocenters. The summed E-state index contributed by atoms with van der Waals surface area (Å²) in [6.45, 7) is 11.9. The van der Waals surface area contributed by atoms with Crippen LogP contribution < -0.4 is 4.90 Å². The number of ketones is 1. The van der Waals surface area contributed by atoms with Gasteiger partial charge in [-0.15, -0.1) is 24.8 Å². The molecule has 0 aromatic heterocycles. The van der Waals surface area contributed by atoms with E-state index in [1.807, 2.05) is 25.1 Å². The molecule has 0 saturated carbocycles. The summed E-state index contributed by atoms with van der Waals surface area (Å²) in [5.41, 5.74) is 3.22. The van der Waals surface area contributed by atoms with Crippen LogP contribution in [0.25, 0.3) is 0 Å². The number of ether oxygens (including phenoxy) is 1. The van der Waals surface area contributed by atoms with Crippen LogP contribution in [-0.2, 0) is 4.74 Å². The lowest BCUT2D eigenvalue weighted by atomic mass is 10.1. The van der Waals surface area contributed by atoms with E-state index >= 15 is 0 Å². The summed E-state index contributed by atoms with van der Waals surface area (Å²) >= 11 is 0. The number of nitrogens with zero attached hydrogens (tertiary/aromatic N) is 2. The Bertz CT molecular complexity index is 778. The van der Waals surface area contributed by atoms with Gasteiger partial charge in [0.2, 0.25) is 0 Å². The number of carbonyl (C=O) groups excluding carboxylic acids is 1. The number of hydrogen-bond donors (Lipinski definition) is 0. The average molecular weight is 467 g/mol. The van der Waals surface area contributed by atoms with Gasteiger partial charge in [-0.1, -0.05) is 63.2 Å². The zero-order chi connectivity index (χ0) is 20.6. The number of anilines is 1. The lowest BCUT2D eigenvalue weighted by Crippen LogP contribution is -2.47. The van der Waals surface area contributed by atoms with E-state index in [0.717, 1.165) is 50.6 Å². The molecule has 1 saturated heterocycles. The van der Waals surface area contributed by atoms with Gasteiger partial charge in [0.25, 0.3) is 0 Å². The Morgan fingerprint density at radius 2 is 1.65 bits per heavy atom. The Morgan fingerprint density at radius 3 is 2.26 bits per heavy atom. The SMILES string of the molecule is CCC(=O)c1cccc(N2CCN(CC(OCC(C)C)c3ccccc3)CC2)c1.Cl.Cl. The molecule has 2 aromatic carbocycles. The van der Waals surface area contributed by atoms with Crippen molar-refractivity contribution in [2.24, 2.45) is 5.92 Å². The van der Waals surface area contributed by atoms with Gasteiger partial charge in [0, 0.05) is 57.0 Å². The second kappa shape index (κ2) is 13.7. The summed E-state index contributed by atoms with van der Waals surface area (Å²) in [4.78, 5) is 16.9. The maximum Gasteiger partial charge on any atom is 0.162 e. The van der Waals surface area contributed by atoms with Crippen LogP contribution in [0.5, 0.6) is 0 Å². The van der Waals surface area contributed by atoms with E-state index in [0.29, 0.717) is 12.3 Å². The van der Waals surface area contributed by atoms with E-state index in [4.69, 9.17) is 4.74 Å². The monoisotopic (exact) mass is 466 g/mol. The fraction of sp³-hybridized carbons (Fsp3) is 0.480. The van der Waals surface area contributed by atoms with Gasteiger partial charge < -0.3 is 9.64 Å². The van der Waals surface area contributed by atoms with Gasteiger partial charge >= 0.3 is 0 Å². The van der Waals surface area contributed by atoms with E-state index in [1.165, 1.54) is 5.56 Å². The number of piperazine rings is 1. The highest BCUT2D eigenvalue weighted by atomic mass is 35.5. The lowest BCUT2D eigenvalue weighted by molar-refractivity contribution is 0.00984. The number of carbonyl (C=O) groups is 1. The third kappa shape index (κ3) is 8.12. The first-order valence-corrected chi connectivity index (χ1v) is 10.8. The molecule has 0 spiro atoms. The Labute approximate surface area is 199 Å². The van der Waals surface area contributed by atoms with Crippen molar-refractivity contribution in [1.82, 2.24) is 4.90 Å². The second-order valence-electron chi connectivity index (χ2n) is 8.24. The van der Waals surface area contributed by atoms with Gasteiger partial charge in [0.15, 0.2) is 5.78 Å². The van der Waals surface area contributed by atoms with Crippen molar-refractivity contribution < 1.29 is 9.53 Å². The van der Waals surface area contributed by atoms with Crippen molar-refractivity contribution in [2.75, 3.05) is 44.2 Å². The van der Waals surface area contributed by atoms with Gasteiger partial charge in [-0.25, -0.2) is 0 Å². The number of benzene rings is 2. The normalized spacial score (nSPS) is 15.2. The first kappa shape index (κ1) is 27.4. The van der Waals surface area contributed by atoms with Crippen molar-refractivity contribution >= 4 is 36.3 Å². The molecule has 0 radical (unpaired) electrons. The first-order chi connectivity index (χ1) is 14.1. The van der Waals surface area contributed by atoms with Crippen LogP contribution in [-0.4, -0.2) is 50.0 Å². The standard InChI is InChI=1S/C25H34N2O2.2ClH/c1-4-24(28)22-11-8-12-23(17-22)27-15-13-26(14-16-27)18-25(29-19-20(2)3)21-9-6-5-7-10-21;;/h5-12,17,20,25H,4,13-16,18-19H2,1-3H3;2*1H. The van der Waals surface area contributed by atoms with Crippen molar-refractivity contribution in [1.29, 1.82) is 0 Å². The van der Waals surface area contributed by atoms with Crippen LogP contribution >= 0.6 is 24.8 Å². The van der Waals surface area contributed by atoms with Crippen molar-refractivity contribution in [3.63, 3.8) is 0 Å². The molecule has 0 aliphatic carbocycles. The largest absolute Gasteiger partial charge is 0.372 e. The fourth-order valence-electron chi connectivity index (χ4n) is 3.73. The van der Waals surface area contributed by atoms with Crippen LogP contribution in [0.15, 0.2) is 54.6 Å². The van der Waals surface area contributed by atoms with Gasteiger partial charge in [-0.05, 0) is 23.6 Å². The number of rotatable bonds is 9. The van der Waals surface area contributed by atoms with E-state index < -0.39 is 0 Å². The number of Topliss-reactive ketones (excluding diaryl/α,β-unsaturated/α-hetero) is 1. The zero-order valence-electron chi connectivity index (χ0n) is 18.8. The van der Waals surface area contributed by atoms with E-state index in [9.17, 15) is 4.79 Å². The van der Waals surface area contributed by atoms with E-state index in [2.05, 4.69) is 60.0 Å². The number of halogens is 2. The van der Waals surface area contributed by atoms with Gasteiger partial charge in [0.05, 0.1) is 6.10 Å². The summed E-state index contributed by atoms with van der Waals surface area (Å²) in [6, 6.07) is 18.6. The molecule has 2 aromatic rings. The molecule has 172 valence electrons. The van der Waals surface area contributed by atoms with Crippen molar-refractivity contribution in [3.8, 4) is 0 Å². The predicted octanol–water partition coefficient (Wildman–Crippen LogP) is 5.66. The van der Waals surface area contributed by atoms with Crippen molar-refractivity contribution in [2.45, 2.75) is 33.3 Å². The molecule has 3 rings (SSSR count). The molecule has 0 bridgehead atoms. The fourth-order valence-corrected chi connectivity index (χ4v) is 3.73. The Morgan fingerprint density at radius 1 is 0.968 bits per heavy atom. The maximum atomic E-state index is 12.0. The minimum Gasteiger partial charge on any atom is -0.372 e. The number of hydrogen-bond acceptors (Lipinski definition) is 4. The molecule has 1 heterocycles. The minimum atomic E-state index is 0. The topological polar surface area (TPSA) is 32.8 Å². The summed E-state index contributed by atoms with van der Waals surface area (Å²) in [5, 5.41) is 0.